The molecule has 0 unspecified atom stereocenters. The number of carbonyl (C=O) groups is 2. The number of hydrogen-bond donors (Lipinski definition) is 2. The van der Waals surface area contributed by atoms with Crippen molar-refractivity contribution in [2.24, 2.45) is 0 Å². The summed E-state index contributed by atoms with van der Waals surface area (Å²) in [5.41, 5.74) is 2.38. The smallest absolute Gasteiger partial charge is 0.321 e. The van der Waals surface area contributed by atoms with Gasteiger partial charge in [0.1, 0.15) is 11.4 Å². The molecule has 4 rings (SSSR count). The summed E-state index contributed by atoms with van der Waals surface area (Å²) in [5.74, 6) is 0.737. The summed E-state index contributed by atoms with van der Waals surface area (Å²) in [7, 11) is 3.12. The van der Waals surface area contributed by atoms with Crippen LogP contribution in [-0.4, -0.2) is 54.1 Å². The molecular formula is C23H27N5O4S. The third-order valence-corrected chi connectivity index (χ3v) is 6.69. The summed E-state index contributed by atoms with van der Waals surface area (Å²) in [6.07, 6.45) is 2.09. The summed E-state index contributed by atoms with van der Waals surface area (Å²) in [6, 6.07) is 7.41. The number of fused-ring (bicyclic) bond motifs is 1. The molecule has 0 spiro atoms. The number of aryl methyl sites for hydroxylation is 1. The molecule has 3 amide bonds. The van der Waals surface area contributed by atoms with Crippen LogP contribution in [0, 0.1) is 6.92 Å². The Balaban J connectivity index is 1.46. The molecule has 1 aliphatic heterocycles. The van der Waals surface area contributed by atoms with E-state index in [1.807, 2.05) is 36.1 Å². The average molecular weight is 470 g/mol. The zero-order chi connectivity index (χ0) is 23.4. The summed E-state index contributed by atoms with van der Waals surface area (Å²) < 4.78 is 10.6. The SMILES string of the molecule is COCc1nc(OC)c2c(C)c(C(=O)NCc3cccc(NC(=O)N4CCCC4)c3)sc2n1. The number of nitrogens with one attached hydrogen (secondary N) is 2. The van der Waals surface area contributed by atoms with E-state index in [1.165, 1.54) is 11.3 Å². The van der Waals surface area contributed by atoms with Gasteiger partial charge in [0.15, 0.2) is 5.82 Å². The van der Waals surface area contributed by atoms with Gasteiger partial charge >= 0.3 is 6.03 Å². The third kappa shape index (κ3) is 5.07. The fourth-order valence-corrected chi connectivity index (χ4v) is 4.95. The van der Waals surface area contributed by atoms with Gasteiger partial charge in [-0.05, 0) is 43.0 Å². The number of carbonyl (C=O) groups excluding carboxylic acids is 2. The quantitative estimate of drug-likeness (QED) is 0.546. The van der Waals surface area contributed by atoms with Gasteiger partial charge in [-0.3, -0.25) is 4.79 Å². The fourth-order valence-electron chi connectivity index (χ4n) is 3.85. The highest BCUT2D eigenvalue weighted by Gasteiger charge is 2.21. The summed E-state index contributed by atoms with van der Waals surface area (Å²) in [5, 5.41) is 6.64. The van der Waals surface area contributed by atoms with Crippen molar-refractivity contribution < 1.29 is 19.1 Å². The number of hydrogen-bond acceptors (Lipinski definition) is 7. The molecule has 1 aromatic carbocycles. The number of aromatic nitrogens is 2. The zero-order valence-electron chi connectivity index (χ0n) is 18.9. The lowest BCUT2D eigenvalue weighted by atomic mass is 10.2. The number of ether oxygens (including phenoxy) is 2. The second-order valence-corrected chi connectivity index (χ2v) is 8.82. The lowest BCUT2D eigenvalue weighted by Gasteiger charge is -2.16. The lowest BCUT2D eigenvalue weighted by molar-refractivity contribution is 0.0954. The molecule has 0 bridgehead atoms. The third-order valence-electron chi connectivity index (χ3n) is 5.50. The van der Waals surface area contributed by atoms with E-state index in [4.69, 9.17) is 9.47 Å². The number of nitrogens with zero attached hydrogens (tertiary/aromatic N) is 3. The van der Waals surface area contributed by atoms with Crippen LogP contribution in [0.25, 0.3) is 10.2 Å². The van der Waals surface area contributed by atoms with Gasteiger partial charge in [0.05, 0.1) is 17.4 Å². The Bertz CT molecular complexity index is 1170. The van der Waals surface area contributed by atoms with Crippen molar-refractivity contribution in [2.45, 2.75) is 32.9 Å². The average Bonchev–Trinajstić information content (AvgIpc) is 3.46. The number of urea groups is 1. The Kier molecular flexibility index (Phi) is 7.05. The van der Waals surface area contributed by atoms with Gasteiger partial charge < -0.3 is 25.0 Å². The summed E-state index contributed by atoms with van der Waals surface area (Å²) in [6.45, 7) is 4.04. The second-order valence-electron chi connectivity index (χ2n) is 7.83. The van der Waals surface area contributed by atoms with Crippen molar-refractivity contribution in [3.8, 4) is 5.88 Å². The Morgan fingerprint density at radius 1 is 1.18 bits per heavy atom. The first-order valence-electron chi connectivity index (χ1n) is 10.8. The normalized spacial score (nSPS) is 13.4. The van der Waals surface area contributed by atoms with Crippen LogP contribution in [0.15, 0.2) is 24.3 Å². The predicted octanol–water partition coefficient (Wildman–Crippen LogP) is 3.71. The minimum absolute atomic E-state index is 0.0857. The van der Waals surface area contributed by atoms with Crippen LogP contribution >= 0.6 is 11.3 Å². The molecule has 0 radical (unpaired) electrons. The van der Waals surface area contributed by atoms with Crippen LogP contribution in [0.4, 0.5) is 10.5 Å². The molecule has 0 saturated carbocycles. The fraction of sp³-hybridized carbons (Fsp3) is 0.391. The van der Waals surface area contributed by atoms with Crippen molar-refractivity contribution in [3.63, 3.8) is 0 Å². The molecule has 10 heteroatoms. The van der Waals surface area contributed by atoms with E-state index in [-0.39, 0.29) is 18.5 Å². The van der Waals surface area contributed by atoms with Crippen LogP contribution in [0.5, 0.6) is 5.88 Å². The molecule has 3 aromatic rings. The molecule has 33 heavy (non-hydrogen) atoms. The zero-order valence-corrected chi connectivity index (χ0v) is 19.8. The highest BCUT2D eigenvalue weighted by atomic mass is 32.1. The predicted molar refractivity (Wildman–Crippen MR) is 127 cm³/mol. The van der Waals surface area contributed by atoms with Crippen molar-refractivity contribution in [1.29, 1.82) is 0 Å². The van der Waals surface area contributed by atoms with E-state index in [2.05, 4.69) is 20.6 Å². The van der Waals surface area contributed by atoms with Crippen molar-refractivity contribution in [3.05, 3.63) is 46.1 Å². The van der Waals surface area contributed by atoms with Crippen LogP contribution in [0.3, 0.4) is 0 Å². The Morgan fingerprint density at radius 2 is 1.97 bits per heavy atom. The first kappa shape index (κ1) is 22.9. The maximum absolute atomic E-state index is 13.0. The molecule has 9 nitrogen and oxygen atoms in total. The number of thiophene rings is 1. The molecule has 2 N–H and O–H groups in total. The molecule has 0 atom stereocenters. The van der Waals surface area contributed by atoms with Gasteiger partial charge in [0.25, 0.3) is 5.91 Å². The molecular weight excluding hydrogens is 442 g/mol. The highest BCUT2D eigenvalue weighted by molar-refractivity contribution is 7.20. The minimum Gasteiger partial charge on any atom is -0.480 e. The molecule has 1 aliphatic rings. The van der Waals surface area contributed by atoms with Crippen molar-refractivity contribution in [2.75, 3.05) is 32.6 Å². The second kappa shape index (κ2) is 10.1. The molecule has 1 fully saturated rings. The Hall–Kier alpha value is -3.24. The van der Waals surface area contributed by atoms with Crippen LogP contribution in [0.1, 0.15) is 39.5 Å². The van der Waals surface area contributed by atoms with Gasteiger partial charge in [-0.2, -0.15) is 4.98 Å². The molecule has 2 aromatic heterocycles. The number of methoxy groups -OCH3 is 2. The van der Waals surface area contributed by atoms with E-state index < -0.39 is 0 Å². The number of rotatable bonds is 7. The van der Waals surface area contributed by atoms with Crippen LogP contribution in [0.2, 0.25) is 0 Å². The van der Waals surface area contributed by atoms with Crippen molar-refractivity contribution in [1.82, 2.24) is 20.2 Å². The maximum Gasteiger partial charge on any atom is 0.321 e. The van der Waals surface area contributed by atoms with Crippen LogP contribution in [-0.2, 0) is 17.9 Å². The Morgan fingerprint density at radius 3 is 2.70 bits per heavy atom. The number of amides is 3. The molecule has 174 valence electrons. The van der Waals surface area contributed by atoms with Gasteiger partial charge in [0, 0.05) is 32.4 Å². The number of likely N-dealkylation sites (tertiary alicyclic amines) is 1. The first-order chi connectivity index (χ1) is 16.0. The van der Waals surface area contributed by atoms with E-state index in [0.29, 0.717) is 33.6 Å². The van der Waals surface area contributed by atoms with Gasteiger partial charge in [0.2, 0.25) is 5.88 Å². The first-order valence-corrected chi connectivity index (χ1v) is 11.6. The summed E-state index contributed by atoms with van der Waals surface area (Å²) in [4.78, 5) is 37.2. The van der Waals surface area contributed by atoms with E-state index in [1.54, 1.807) is 14.2 Å². The maximum atomic E-state index is 13.0. The standard InChI is InChI=1S/C23H27N5O4S/c1-14-18-21(32-3)26-17(13-31-2)27-22(18)33-19(14)20(29)24-12-15-7-6-8-16(11-15)25-23(30)28-9-4-5-10-28/h6-8,11H,4-5,9-10,12-13H2,1-3H3,(H,24,29)(H,25,30). The van der Waals surface area contributed by atoms with E-state index in [0.717, 1.165) is 42.4 Å². The topological polar surface area (TPSA) is 106 Å². The van der Waals surface area contributed by atoms with Gasteiger partial charge in [-0.1, -0.05) is 12.1 Å². The van der Waals surface area contributed by atoms with E-state index in [9.17, 15) is 9.59 Å². The lowest BCUT2D eigenvalue weighted by Crippen LogP contribution is -2.32. The molecule has 0 aliphatic carbocycles. The number of anilines is 1. The van der Waals surface area contributed by atoms with E-state index >= 15 is 0 Å². The monoisotopic (exact) mass is 469 g/mol. The Labute approximate surface area is 196 Å². The number of benzene rings is 1. The van der Waals surface area contributed by atoms with Crippen LogP contribution < -0.4 is 15.4 Å². The largest absolute Gasteiger partial charge is 0.480 e. The van der Waals surface area contributed by atoms with Gasteiger partial charge in [-0.25, -0.2) is 9.78 Å². The van der Waals surface area contributed by atoms with Crippen molar-refractivity contribution >= 4 is 39.2 Å². The van der Waals surface area contributed by atoms with Gasteiger partial charge in [-0.15, -0.1) is 11.3 Å². The highest BCUT2D eigenvalue weighted by Crippen LogP contribution is 2.35. The molecule has 3 heterocycles. The molecule has 1 saturated heterocycles. The minimum atomic E-state index is -0.197. The summed E-state index contributed by atoms with van der Waals surface area (Å²) >= 11 is 1.30.